The van der Waals surface area contributed by atoms with Crippen molar-refractivity contribution in [2.45, 2.75) is 105 Å². The van der Waals surface area contributed by atoms with E-state index in [1.165, 1.54) is 46.6 Å². The summed E-state index contributed by atoms with van der Waals surface area (Å²) in [5, 5.41) is 8.36. The molecule has 3 N–H and O–H groups in total. The molecule has 4 saturated carbocycles. The van der Waals surface area contributed by atoms with Crippen LogP contribution in [0, 0.1) is 46.3 Å². The third-order valence-electron chi connectivity index (χ3n) is 10.7. The van der Waals surface area contributed by atoms with Crippen LogP contribution in [0.5, 0.6) is 0 Å². The average Bonchev–Trinajstić information content (AvgIpc) is 3.02. The molecule has 0 saturated heterocycles. The van der Waals surface area contributed by atoms with Gasteiger partial charge in [-0.05, 0) is 112 Å². The Bertz CT molecular complexity index is 731. The van der Waals surface area contributed by atoms with Gasteiger partial charge in [-0.15, -0.1) is 0 Å². The van der Waals surface area contributed by atoms with Crippen molar-refractivity contribution >= 4 is 11.9 Å². The highest BCUT2D eigenvalue weighted by Crippen LogP contribution is 2.67. The molecule has 33 heavy (non-hydrogen) atoms. The molecule has 0 aromatic carbocycles. The molecule has 0 radical (unpaired) electrons. The van der Waals surface area contributed by atoms with Gasteiger partial charge in [0.25, 0.3) is 0 Å². The number of nitrogens with zero attached hydrogens (tertiary/aromatic N) is 1. The van der Waals surface area contributed by atoms with E-state index < -0.39 is 11.5 Å². The van der Waals surface area contributed by atoms with Gasteiger partial charge in [-0.2, -0.15) is 0 Å². The second kappa shape index (κ2) is 9.51. The van der Waals surface area contributed by atoms with Crippen molar-refractivity contribution in [1.82, 2.24) is 4.90 Å². The topological polar surface area (TPSA) is 83.6 Å². The van der Waals surface area contributed by atoms with Crippen LogP contribution in [-0.4, -0.2) is 41.0 Å². The zero-order chi connectivity index (χ0) is 24.8. The minimum Gasteiger partial charge on any atom is -0.480 e. The van der Waals surface area contributed by atoms with Gasteiger partial charge in [0, 0.05) is 7.05 Å². The largest absolute Gasteiger partial charge is 0.480 e. The normalized spacial score (nSPS) is 42.2. The summed E-state index contributed by atoms with van der Waals surface area (Å²) in [5.74, 6) is 4.85. The number of carbonyl (C=O) groups is 2. The van der Waals surface area contributed by atoms with Crippen molar-refractivity contribution in [3.8, 4) is 0 Å². The van der Waals surface area contributed by atoms with Crippen molar-refractivity contribution < 1.29 is 14.7 Å². The van der Waals surface area contributed by atoms with Crippen LogP contribution in [-0.2, 0) is 9.59 Å². The summed E-state index contributed by atoms with van der Waals surface area (Å²) in [6.45, 7) is 13.2. The lowest BCUT2D eigenvalue weighted by Gasteiger charge is -2.61. The molecule has 4 rings (SSSR count). The summed E-state index contributed by atoms with van der Waals surface area (Å²) in [7, 11) is 1.41. The Morgan fingerprint density at radius 3 is 2.18 bits per heavy atom. The number of hydrogen-bond donors (Lipinski definition) is 2. The van der Waals surface area contributed by atoms with Crippen LogP contribution in [0.3, 0.4) is 0 Å². The second-order valence-corrected chi connectivity index (χ2v) is 13.3. The zero-order valence-electron chi connectivity index (χ0n) is 22.3. The summed E-state index contributed by atoms with van der Waals surface area (Å²) < 4.78 is 0. The number of carboxylic acid groups (broad SMARTS) is 1. The molecule has 4 aliphatic rings. The Morgan fingerprint density at radius 2 is 1.58 bits per heavy atom. The van der Waals surface area contributed by atoms with Crippen LogP contribution in [0.4, 0.5) is 0 Å². The second-order valence-electron chi connectivity index (χ2n) is 13.3. The van der Waals surface area contributed by atoms with Gasteiger partial charge in [-0.3, -0.25) is 9.59 Å². The molecule has 0 aromatic heterocycles. The SMILES string of the molecule is CC1CCC2(C)C(CCC3C4CCC(C)C4(C)CCC32)C1.CN(CC(=O)O)C(=O)C(C)(C)N. The quantitative estimate of drug-likeness (QED) is 0.574. The molecule has 0 heterocycles. The lowest BCUT2D eigenvalue weighted by atomic mass is 9.44. The Labute approximate surface area is 202 Å². The van der Waals surface area contributed by atoms with E-state index >= 15 is 0 Å². The van der Waals surface area contributed by atoms with Gasteiger partial charge < -0.3 is 15.7 Å². The van der Waals surface area contributed by atoms with Crippen LogP contribution >= 0.6 is 0 Å². The van der Waals surface area contributed by atoms with E-state index in [-0.39, 0.29) is 12.5 Å². The van der Waals surface area contributed by atoms with E-state index in [9.17, 15) is 9.59 Å². The predicted octanol–water partition coefficient (Wildman–Crippen LogP) is 5.57. The summed E-state index contributed by atoms with van der Waals surface area (Å²) in [6, 6.07) is 0. The Balaban J connectivity index is 0.000000221. The standard InChI is InChI=1S/C21H36.C7H14N2O3/c1-14-9-11-21(4)16(13-14)6-7-17-18-8-5-15(2)20(18,3)12-10-19(17)21;1-7(2,8)6(12)9(3)4-5(10)11/h14-19H,5-13H2,1-4H3;4,8H2,1-3H3,(H,10,11). The molecule has 190 valence electrons. The molecule has 8 unspecified atom stereocenters. The molecule has 0 bridgehead atoms. The van der Waals surface area contributed by atoms with Gasteiger partial charge in [-0.1, -0.05) is 34.1 Å². The molecule has 0 aromatic rings. The fourth-order valence-corrected chi connectivity index (χ4v) is 8.50. The molecule has 5 nitrogen and oxygen atoms in total. The average molecular weight is 463 g/mol. The molecule has 0 spiro atoms. The van der Waals surface area contributed by atoms with Crippen LogP contribution in [0.2, 0.25) is 0 Å². The first-order chi connectivity index (χ1) is 15.2. The molecule has 1 amide bonds. The van der Waals surface area contributed by atoms with E-state index in [1.54, 1.807) is 32.1 Å². The number of rotatable bonds is 3. The first-order valence-corrected chi connectivity index (χ1v) is 13.5. The van der Waals surface area contributed by atoms with Crippen molar-refractivity contribution in [2.75, 3.05) is 13.6 Å². The predicted molar refractivity (Wildman–Crippen MR) is 134 cm³/mol. The Hall–Kier alpha value is -1.10. The molecular weight excluding hydrogens is 412 g/mol. The van der Waals surface area contributed by atoms with Crippen molar-refractivity contribution in [3.05, 3.63) is 0 Å². The maximum atomic E-state index is 11.2. The van der Waals surface area contributed by atoms with E-state index in [1.807, 2.05) is 0 Å². The molecule has 8 atom stereocenters. The minimum atomic E-state index is -1.05. The summed E-state index contributed by atoms with van der Waals surface area (Å²) in [4.78, 5) is 22.5. The Kier molecular flexibility index (Phi) is 7.64. The van der Waals surface area contributed by atoms with Crippen molar-refractivity contribution in [3.63, 3.8) is 0 Å². The number of fused-ring (bicyclic) bond motifs is 5. The maximum Gasteiger partial charge on any atom is 0.323 e. The number of carbonyl (C=O) groups excluding carboxylic acids is 1. The smallest absolute Gasteiger partial charge is 0.323 e. The van der Waals surface area contributed by atoms with Gasteiger partial charge in [0.2, 0.25) is 5.91 Å². The molecule has 4 fully saturated rings. The van der Waals surface area contributed by atoms with E-state index in [2.05, 4.69) is 27.7 Å². The van der Waals surface area contributed by atoms with Gasteiger partial charge in [0.1, 0.15) is 6.54 Å². The van der Waals surface area contributed by atoms with Crippen LogP contribution < -0.4 is 5.73 Å². The van der Waals surface area contributed by atoms with Gasteiger partial charge >= 0.3 is 5.97 Å². The Morgan fingerprint density at radius 1 is 0.970 bits per heavy atom. The van der Waals surface area contributed by atoms with Crippen LogP contribution in [0.25, 0.3) is 0 Å². The third-order valence-corrected chi connectivity index (χ3v) is 10.7. The lowest BCUT2D eigenvalue weighted by Crippen LogP contribution is -2.53. The number of amides is 1. The lowest BCUT2D eigenvalue weighted by molar-refractivity contribution is -0.145. The minimum absolute atomic E-state index is 0.320. The van der Waals surface area contributed by atoms with E-state index in [4.69, 9.17) is 10.8 Å². The van der Waals surface area contributed by atoms with Gasteiger partial charge in [-0.25, -0.2) is 0 Å². The highest BCUT2D eigenvalue weighted by molar-refractivity contribution is 5.87. The molecular formula is C28H50N2O3. The van der Waals surface area contributed by atoms with E-state index in [0.717, 1.165) is 40.4 Å². The fourth-order valence-electron chi connectivity index (χ4n) is 8.50. The number of nitrogens with two attached hydrogens (primary N) is 1. The van der Waals surface area contributed by atoms with Crippen molar-refractivity contribution in [1.29, 1.82) is 0 Å². The third kappa shape index (κ3) is 5.13. The number of aliphatic carboxylic acids is 1. The van der Waals surface area contributed by atoms with Crippen LogP contribution in [0.15, 0.2) is 0 Å². The number of hydrogen-bond acceptors (Lipinski definition) is 3. The first-order valence-electron chi connectivity index (χ1n) is 13.5. The zero-order valence-corrected chi connectivity index (χ0v) is 22.3. The summed E-state index contributed by atoms with van der Waals surface area (Å²) >= 11 is 0. The molecule has 0 aliphatic heterocycles. The highest BCUT2D eigenvalue weighted by Gasteiger charge is 2.59. The van der Waals surface area contributed by atoms with Crippen molar-refractivity contribution in [2.24, 2.45) is 52.1 Å². The molecule has 4 aliphatic carbocycles. The fraction of sp³-hybridized carbons (Fsp3) is 0.929. The maximum absolute atomic E-state index is 11.2. The number of likely N-dealkylation sites (N-methyl/N-ethyl adjacent to an activating group) is 1. The summed E-state index contributed by atoms with van der Waals surface area (Å²) in [6.07, 6.45) is 13.9. The highest BCUT2D eigenvalue weighted by atomic mass is 16.4. The van der Waals surface area contributed by atoms with Crippen LogP contribution in [0.1, 0.15) is 99.3 Å². The van der Waals surface area contributed by atoms with Gasteiger partial charge in [0.05, 0.1) is 5.54 Å². The monoisotopic (exact) mass is 462 g/mol. The molecule has 5 heteroatoms. The first kappa shape index (κ1) is 26.5. The van der Waals surface area contributed by atoms with E-state index in [0.29, 0.717) is 10.8 Å². The van der Waals surface area contributed by atoms with Gasteiger partial charge in [0.15, 0.2) is 0 Å². The summed E-state index contributed by atoms with van der Waals surface area (Å²) in [5.41, 5.74) is 5.87. The number of carboxylic acids is 1.